The Labute approximate surface area is 109 Å². The highest BCUT2D eigenvalue weighted by molar-refractivity contribution is 6.00. The quantitative estimate of drug-likeness (QED) is 0.887. The third-order valence-corrected chi connectivity index (χ3v) is 3.96. The maximum atomic E-state index is 11.6. The van der Waals surface area contributed by atoms with Crippen LogP contribution in [0.1, 0.15) is 43.9 Å². The van der Waals surface area contributed by atoms with Crippen molar-refractivity contribution in [2.75, 3.05) is 11.9 Å². The second-order valence-electron chi connectivity index (χ2n) is 5.37. The van der Waals surface area contributed by atoms with Gasteiger partial charge in [-0.25, -0.2) is 0 Å². The average molecular weight is 246 g/mol. The van der Waals surface area contributed by atoms with Crippen molar-refractivity contribution >= 4 is 11.6 Å². The number of nitrogens with two attached hydrogens (primary N) is 1. The Balaban J connectivity index is 2.18. The number of rotatable bonds is 4. The number of nitrogens with zero attached hydrogens (tertiary/aromatic N) is 1. The number of likely N-dealkylation sites (N-methyl/N-ethyl adjacent to an activating group) is 1. The van der Waals surface area contributed by atoms with E-state index in [9.17, 15) is 4.79 Å². The highest BCUT2D eigenvalue weighted by atomic mass is 16.2. The van der Waals surface area contributed by atoms with E-state index in [1.165, 1.54) is 0 Å². The van der Waals surface area contributed by atoms with E-state index in [4.69, 9.17) is 5.73 Å². The monoisotopic (exact) mass is 246 g/mol. The number of hydrogen-bond acceptors (Lipinski definition) is 2. The van der Waals surface area contributed by atoms with Crippen LogP contribution in [0.25, 0.3) is 0 Å². The van der Waals surface area contributed by atoms with Gasteiger partial charge in [-0.1, -0.05) is 32.4 Å². The minimum Gasteiger partial charge on any atom is -0.324 e. The summed E-state index contributed by atoms with van der Waals surface area (Å²) in [7, 11) is 1.83. The summed E-state index contributed by atoms with van der Waals surface area (Å²) in [6.07, 6.45) is 2.66. The summed E-state index contributed by atoms with van der Waals surface area (Å²) in [5, 5.41) is 0. The standard InChI is InChI=1S/C15H22N2O/c1-4-10(2)7-13(16)11-5-6-14-12(8-11)9-15(18)17(14)3/h5-6,8,10,13H,4,7,9,16H2,1-3H3. The molecule has 3 nitrogen and oxygen atoms in total. The number of amides is 1. The Kier molecular flexibility index (Phi) is 3.71. The molecule has 1 amide bonds. The van der Waals surface area contributed by atoms with E-state index in [-0.39, 0.29) is 11.9 Å². The largest absolute Gasteiger partial charge is 0.324 e. The van der Waals surface area contributed by atoms with Crippen molar-refractivity contribution in [3.05, 3.63) is 29.3 Å². The Morgan fingerprint density at radius 1 is 1.44 bits per heavy atom. The number of hydrogen-bond donors (Lipinski definition) is 1. The Morgan fingerprint density at radius 3 is 2.83 bits per heavy atom. The summed E-state index contributed by atoms with van der Waals surface area (Å²) in [5.41, 5.74) is 9.52. The first-order chi connectivity index (χ1) is 8.52. The topological polar surface area (TPSA) is 46.3 Å². The maximum absolute atomic E-state index is 11.6. The Morgan fingerprint density at radius 2 is 2.17 bits per heavy atom. The molecule has 1 aromatic carbocycles. The zero-order chi connectivity index (χ0) is 13.3. The fraction of sp³-hybridized carbons (Fsp3) is 0.533. The lowest BCUT2D eigenvalue weighted by Crippen LogP contribution is -2.20. The zero-order valence-electron chi connectivity index (χ0n) is 11.4. The van der Waals surface area contributed by atoms with Crippen molar-refractivity contribution < 1.29 is 4.79 Å². The zero-order valence-corrected chi connectivity index (χ0v) is 11.4. The van der Waals surface area contributed by atoms with E-state index < -0.39 is 0 Å². The van der Waals surface area contributed by atoms with Crippen molar-refractivity contribution in [1.82, 2.24) is 0 Å². The molecule has 2 rings (SSSR count). The van der Waals surface area contributed by atoms with Gasteiger partial charge in [0.2, 0.25) is 5.91 Å². The van der Waals surface area contributed by atoms with Gasteiger partial charge < -0.3 is 10.6 Å². The molecule has 0 bridgehead atoms. The molecular weight excluding hydrogens is 224 g/mol. The summed E-state index contributed by atoms with van der Waals surface area (Å²) in [4.78, 5) is 13.4. The van der Waals surface area contributed by atoms with Gasteiger partial charge in [0, 0.05) is 18.8 Å². The van der Waals surface area contributed by atoms with Crippen LogP contribution in [-0.2, 0) is 11.2 Å². The second kappa shape index (κ2) is 5.11. The van der Waals surface area contributed by atoms with Gasteiger partial charge in [-0.2, -0.15) is 0 Å². The first-order valence-corrected chi connectivity index (χ1v) is 6.67. The SMILES string of the molecule is CCC(C)CC(N)c1ccc2c(c1)CC(=O)N2C. The van der Waals surface area contributed by atoms with E-state index in [1.54, 1.807) is 4.90 Å². The molecule has 1 aliphatic heterocycles. The minimum absolute atomic E-state index is 0.0752. The molecule has 0 saturated carbocycles. The fourth-order valence-corrected chi connectivity index (χ4v) is 2.46. The van der Waals surface area contributed by atoms with Gasteiger partial charge in [-0.15, -0.1) is 0 Å². The smallest absolute Gasteiger partial charge is 0.231 e. The molecule has 0 spiro atoms. The lowest BCUT2D eigenvalue weighted by molar-refractivity contribution is -0.117. The lowest BCUT2D eigenvalue weighted by Gasteiger charge is -2.17. The van der Waals surface area contributed by atoms with Crippen LogP contribution in [0.5, 0.6) is 0 Å². The molecule has 1 heterocycles. The van der Waals surface area contributed by atoms with E-state index in [0.29, 0.717) is 12.3 Å². The summed E-state index contributed by atoms with van der Waals surface area (Å²) < 4.78 is 0. The minimum atomic E-state index is 0.0752. The number of benzene rings is 1. The van der Waals surface area contributed by atoms with Crippen molar-refractivity contribution in [2.45, 2.75) is 39.2 Å². The van der Waals surface area contributed by atoms with Crippen LogP contribution < -0.4 is 10.6 Å². The van der Waals surface area contributed by atoms with Crippen LogP contribution in [0.3, 0.4) is 0 Å². The van der Waals surface area contributed by atoms with Crippen LogP contribution in [0.4, 0.5) is 5.69 Å². The van der Waals surface area contributed by atoms with Crippen LogP contribution in [0.2, 0.25) is 0 Å². The maximum Gasteiger partial charge on any atom is 0.231 e. The molecule has 2 unspecified atom stereocenters. The Bertz CT molecular complexity index is 456. The molecule has 1 aliphatic rings. The molecular formula is C15H22N2O. The third-order valence-electron chi connectivity index (χ3n) is 3.96. The number of fused-ring (bicyclic) bond motifs is 1. The van der Waals surface area contributed by atoms with Gasteiger partial charge in [0.1, 0.15) is 0 Å². The Hall–Kier alpha value is -1.35. The summed E-state index contributed by atoms with van der Waals surface area (Å²) in [5.74, 6) is 0.801. The summed E-state index contributed by atoms with van der Waals surface area (Å²) in [6.45, 7) is 4.41. The molecule has 98 valence electrons. The predicted molar refractivity (Wildman–Crippen MR) is 74.6 cm³/mol. The van der Waals surface area contributed by atoms with Gasteiger partial charge in [0.15, 0.2) is 0 Å². The molecule has 1 aromatic rings. The van der Waals surface area contributed by atoms with Gasteiger partial charge in [0.05, 0.1) is 6.42 Å². The first-order valence-electron chi connectivity index (χ1n) is 6.67. The first kappa shape index (κ1) is 13.1. The molecule has 2 N–H and O–H groups in total. The van der Waals surface area contributed by atoms with Crippen LogP contribution in [0.15, 0.2) is 18.2 Å². The average Bonchev–Trinajstić information content (AvgIpc) is 2.64. The van der Waals surface area contributed by atoms with Crippen LogP contribution in [0, 0.1) is 5.92 Å². The van der Waals surface area contributed by atoms with E-state index in [0.717, 1.165) is 29.7 Å². The van der Waals surface area contributed by atoms with Crippen LogP contribution >= 0.6 is 0 Å². The molecule has 0 aliphatic carbocycles. The van der Waals surface area contributed by atoms with Crippen molar-refractivity contribution in [1.29, 1.82) is 0 Å². The number of carbonyl (C=O) groups is 1. The predicted octanol–water partition coefficient (Wildman–Crippen LogP) is 2.64. The fourth-order valence-electron chi connectivity index (χ4n) is 2.46. The molecule has 3 heteroatoms. The van der Waals surface area contributed by atoms with Crippen molar-refractivity contribution in [2.24, 2.45) is 11.7 Å². The van der Waals surface area contributed by atoms with Crippen molar-refractivity contribution in [3.8, 4) is 0 Å². The molecule has 0 saturated heterocycles. The summed E-state index contributed by atoms with van der Waals surface area (Å²) >= 11 is 0. The van der Waals surface area contributed by atoms with Crippen molar-refractivity contribution in [3.63, 3.8) is 0 Å². The molecule has 18 heavy (non-hydrogen) atoms. The van der Waals surface area contributed by atoms with Gasteiger partial charge in [0.25, 0.3) is 0 Å². The molecule has 0 aromatic heterocycles. The highest BCUT2D eigenvalue weighted by Gasteiger charge is 2.24. The van der Waals surface area contributed by atoms with Gasteiger partial charge in [-0.3, -0.25) is 4.79 Å². The van der Waals surface area contributed by atoms with E-state index in [1.807, 2.05) is 13.1 Å². The number of carbonyl (C=O) groups excluding carboxylic acids is 1. The lowest BCUT2D eigenvalue weighted by atomic mass is 9.93. The number of anilines is 1. The molecule has 0 fully saturated rings. The van der Waals surface area contributed by atoms with E-state index >= 15 is 0 Å². The second-order valence-corrected chi connectivity index (χ2v) is 5.37. The van der Waals surface area contributed by atoms with E-state index in [2.05, 4.69) is 26.0 Å². The summed E-state index contributed by atoms with van der Waals surface area (Å²) in [6, 6.07) is 6.25. The third kappa shape index (κ3) is 2.41. The highest BCUT2D eigenvalue weighted by Crippen LogP contribution is 2.31. The van der Waals surface area contributed by atoms with Gasteiger partial charge in [-0.05, 0) is 29.5 Å². The van der Waals surface area contributed by atoms with Crippen LogP contribution in [-0.4, -0.2) is 13.0 Å². The normalized spacial score (nSPS) is 17.8. The molecule has 2 atom stereocenters. The van der Waals surface area contributed by atoms with Gasteiger partial charge >= 0.3 is 0 Å². The molecule has 0 radical (unpaired) electrons.